The van der Waals surface area contributed by atoms with Crippen molar-refractivity contribution in [1.29, 1.82) is 0 Å². The van der Waals surface area contributed by atoms with Crippen molar-refractivity contribution >= 4 is 17.6 Å². The molecule has 0 amide bonds. The highest BCUT2D eigenvalue weighted by molar-refractivity contribution is 7.10. The van der Waals surface area contributed by atoms with Crippen LogP contribution < -0.4 is 0 Å². The summed E-state index contributed by atoms with van der Waals surface area (Å²) in [5.41, 5.74) is 3.30. The normalized spacial score (nSPS) is 10.2. The van der Waals surface area contributed by atoms with Crippen LogP contribution in [0.4, 0.5) is 0 Å². The molecule has 0 aliphatic rings. The molecule has 0 N–H and O–H groups in total. The molecule has 0 aliphatic carbocycles. The van der Waals surface area contributed by atoms with Gasteiger partial charge in [0.2, 0.25) is 0 Å². The Morgan fingerprint density at radius 1 is 1.33 bits per heavy atom. The topological polar surface area (TPSA) is 30.0 Å². The van der Waals surface area contributed by atoms with Gasteiger partial charge in [0, 0.05) is 10.9 Å². The summed E-state index contributed by atoms with van der Waals surface area (Å²) in [6.07, 6.45) is 1.30. The minimum Gasteiger partial charge on any atom is -0.303 e. The lowest BCUT2D eigenvalue weighted by atomic mass is 10.1. The predicted molar refractivity (Wildman–Crippen MR) is 62.1 cm³/mol. The lowest BCUT2D eigenvalue weighted by molar-refractivity contribution is -0.107. The smallest absolute Gasteiger partial charge is 0.126 e. The standard InChI is InChI=1S/C12H11NOS/c1-9-2-4-10(5-3-9)11-8-15-12(13-11)6-7-14/h2-5,7-8H,6H2,1H3. The van der Waals surface area contributed by atoms with E-state index in [0.717, 1.165) is 22.6 Å². The summed E-state index contributed by atoms with van der Waals surface area (Å²) in [5.74, 6) is 0. The number of aldehydes is 1. The number of thiazole rings is 1. The van der Waals surface area contributed by atoms with Crippen molar-refractivity contribution in [2.45, 2.75) is 13.3 Å². The van der Waals surface area contributed by atoms with Crippen LogP contribution in [0.3, 0.4) is 0 Å². The largest absolute Gasteiger partial charge is 0.303 e. The summed E-state index contributed by atoms with van der Waals surface area (Å²) in [6.45, 7) is 2.06. The molecule has 0 radical (unpaired) electrons. The lowest BCUT2D eigenvalue weighted by Gasteiger charge is -1.96. The molecule has 15 heavy (non-hydrogen) atoms. The summed E-state index contributed by atoms with van der Waals surface area (Å²) in [7, 11) is 0. The van der Waals surface area contributed by atoms with Crippen LogP contribution in [0.15, 0.2) is 29.6 Å². The number of rotatable bonds is 3. The fourth-order valence-corrected chi connectivity index (χ4v) is 2.08. The van der Waals surface area contributed by atoms with Crippen LogP contribution in [0.5, 0.6) is 0 Å². The molecule has 1 heterocycles. The second-order valence-corrected chi connectivity index (χ2v) is 4.31. The Balaban J connectivity index is 2.28. The molecule has 0 saturated heterocycles. The Morgan fingerprint density at radius 2 is 2.07 bits per heavy atom. The minimum absolute atomic E-state index is 0.413. The van der Waals surface area contributed by atoms with Crippen LogP contribution in [-0.4, -0.2) is 11.3 Å². The number of aryl methyl sites for hydroxylation is 1. The maximum Gasteiger partial charge on any atom is 0.126 e. The van der Waals surface area contributed by atoms with E-state index < -0.39 is 0 Å². The molecular formula is C12H11NOS. The molecule has 0 bridgehead atoms. The van der Waals surface area contributed by atoms with E-state index in [1.54, 1.807) is 0 Å². The van der Waals surface area contributed by atoms with Gasteiger partial charge in [-0.15, -0.1) is 11.3 Å². The molecule has 0 saturated carbocycles. The zero-order valence-corrected chi connectivity index (χ0v) is 9.25. The highest BCUT2D eigenvalue weighted by Gasteiger charge is 2.03. The van der Waals surface area contributed by atoms with Crippen molar-refractivity contribution < 1.29 is 4.79 Å². The van der Waals surface area contributed by atoms with E-state index in [-0.39, 0.29) is 0 Å². The number of aromatic nitrogens is 1. The van der Waals surface area contributed by atoms with E-state index in [9.17, 15) is 4.79 Å². The maximum atomic E-state index is 10.3. The molecule has 0 unspecified atom stereocenters. The van der Waals surface area contributed by atoms with Gasteiger partial charge in [-0.1, -0.05) is 29.8 Å². The highest BCUT2D eigenvalue weighted by atomic mass is 32.1. The Kier molecular flexibility index (Phi) is 2.92. The molecule has 0 spiro atoms. The molecular weight excluding hydrogens is 206 g/mol. The van der Waals surface area contributed by atoms with Crippen LogP contribution in [0.25, 0.3) is 11.3 Å². The molecule has 0 atom stereocenters. The Labute approximate surface area is 92.6 Å². The number of hydrogen-bond donors (Lipinski definition) is 0. The summed E-state index contributed by atoms with van der Waals surface area (Å²) < 4.78 is 0. The average molecular weight is 217 g/mol. The van der Waals surface area contributed by atoms with Gasteiger partial charge < -0.3 is 4.79 Å². The zero-order valence-electron chi connectivity index (χ0n) is 8.43. The summed E-state index contributed by atoms with van der Waals surface area (Å²) in [4.78, 5) is 14.7. The molecule has 0 fully saturated rings. The van der Waals surface area contributed by atoms with Crippen LogP contribution >= 0.6 is 11.3 Å². The van der Waals surface area contributed by atoms with Crippen molar-refractivity contribution in [3.63, 3.8) is 0 Å². The first-order valence-corrected chi connectivity index (χ1v) is 5.62. The minimum atomic E-state index is 0.413. The second-order valence-electron chi connectivity index (χ2n) is 3.36. The van der Waals surface area contributed by atoms with Crippen LogP contribution in [-0.2, 0) is 11.2 Å². The first kappa shape index (κ1) is 10.1. The quantitative estimate of drug-likeness (QED) is 0.740. The molecule has 2 rings (SSSR count). The van der Waals surface area contributed by atoms with Crippen LogP contribution in [0, 0.1) is 6.92 Å². The van der Waals surface area contributed by atoms with Gasteiger partial charge in [0.05, 0.1) is 12.1 Å². The number of carbonyl (C=O) groups is 1. The van der Waals surface area contributed by atoms with Crippen molar-refractivity contribution in [2.24, 2.45) is 0 Å². The van der Waals surface area contributed by atoms with Crippen LogP contribution in [0.2, 0.25) is 0 Å². The van der Waals surface area contributed by atoms with Gasteiger partial charge in [0.1, 0.15) is 11.3 Å². The van der Waals surface area contributed by atoms with Gasteiger partial charge in [0.25, 0.3) is 0 Å². The molecule has 3 heteroatoms. The SMILES string of the molecule is Cc1ccc(-c2csc(CC=O)n2)cc1. The number of hydrogen-bond acceptors (Lipinski definition) is 3. The van der Waals surface area contributed by atoms with Gasteiger partial charge >= 0.3 is 0 Å². The van der Waals surface area contributed by atoms with Gasteiger partial charge in [-0.05, 0) is 6.92 Å². The molecule has 2 aromatic rings. The third kappa shape index (κ3) is 2.30. The lowest BCUT2D eigenvalue weighted by Crippen LogP contribution is -1.84. The van der Waals surface area contributed by atoms with E-state index in [1.807, 2.05) is 5.38 Å². The Morgan fingerprint density at radius 3 is 2.73 bits per heavy atom. The predicted octanol–water partition coefficient (Wildman–Crippen LogP) is 2.86. The third-order valence-electron chi connectivity index (χ3n) is 2.16. The number of benzene rings is 1. The van der Waals surface area contributed by atoms with E-state index in [4.69, 9.17) is 0 Å². The summed E-state index contributed by atoms with van der Waals surface area (Å²) in [6, 6.07) is 8.23. The summed E-state index contributed by atoms with van der Waals surface area (Å²) in [5, 5.41) is 2.87. The monoisotopic (exact) mass is 217 g/mol. The second kappa shape index (κ2) is 4.36. The van der Waals surface area contributed by atoms with E-state index >= 15 is 0 Å². The maximum absolute atomic E-state index is 10.3. The molecule has 76 valence electrons. The molecule has 1 aromatic carbocycles. The third-order valence-corrected chi connectivity index (χ3v) is 3.03. The zero-order chi connectivity index (χ0) is 10.7. The van der Waals surface area contributed by atoms with Crippen molar-refractivity contribution in [3.8, 4) is 11.3 Å². The van der Waals surface area contributed by atoms with Gasteiger partial charge in [0.15, 0.2) is 0 Å². The van der Waals surface area contributed by atoms with E-state index in [0.29, 0.717) is 6.42 Å². The van der Waals surface area contributed by atoms with Crippen molar-refractivity contribution in [1.82, 2.24) is 4.98 Å². The molecule has 1 aromatic heterocycles. The summed E-state index contributed by atoms with van der Waals surface area (Å²) >= 11 is 1.53. The van der Waals surface area contributed by atoms with E-state index in [1.165, 1.54) is 16.9 Å². The van der Waals surface area contributed by atoms with Crippen LogP contribution in [0.1, 0.15) is 10.6 Å². The van der Waals surface area contributed by atoms with Gasteiger partial charge in [-0.3, -0.25) is 0 Å². The number of nitrogens with zero attached hydrogens (tertiary/aromatic N) is 1. The first-order valence-electron chi connectivity index (χ1n) is 4.74. The first-order chi connectivity index (χ1) is 7.29. The van der Waals surface area contributed by atoms with Gasteiger partial charge in [-0.2, -0.15) is 0 Å². The fraction of sp³-hybridized carbons (Fsp3) is 0.167. The molecule has 2 nitrogen and oxygen atoms in total. The van der Waals surface area contributed by atoms with Gasteiger partial charge in [-0.25, -0.2) is 4.98 Å². The highest BCUT2D eigenvalue weighted by Crippen LogP contribution is 2.22. The number of carbonyl (C=O) groups excluding carboxylic acids is 1. The molecule has 0 aliphatic heterocycles. The fourth-order valence-electron chi connectivity index (χ4n) is 1.33. The van der Waals surface area contributed by atoms with Crippen molar-refractivity contribution in [2.75, 3.05) is 0 Å². The Hall–Kier alpha value is -1.48. The van der Waals surface area contributed by atoms with E-state index in [2.05, 4.69) is 36.2 Å². The van der Waals surface area contributed by atoms with Crippen molar-refractivity contribution in [3.05, 3.63) is 40.2 Å². The Bertz CT molecular complexity index is 459. The average Bonchev–Trinajstić information content (AvgIpc) is 2.68.